The summed E-state index contributed by atoms with van der Waals surface area (Å²) in [4.78, 5) is 15.1. The highest BCUT2D eigenvalue weighted by molar-refractivity contribution is 5.69. The highest BCUT2D eigenvalue weighted by atomic mass is 16.4. The third-order valence-electron chi connectivity index (χ3n) is 2.86. The summed E-state index contributed by atoms with van der Waals surface area (Å²) in [6.45, 7) is 5.64. The zero-order valence-corrected chi connectivity index (χ0v) is 11.5. The molecule has 0 amide bonds. The first-order chi connectivity index (χ1) is 8.97. The van der Waals surface area contributed by atoms with Gasteiger partial charge in [0.15, 0.2) is 0 Å². The minimum Gasteiger partial charge on any atom is -0.481 e. The molecule has 0 spiro atoms. The van der Waals surface area contributed by atoms with E-state index in [4.69, 9.17) is 10.4 Å². The van der Waals surface area contributed by atoms with E-state index in [1.165, 1.54) is 0 Å². The number of carboxylic acid groups (broad SMARTS) is 1. The van der Waals surface area contributed by atoms with Crippen LogP contribution in [0.3, 0.4) is 0 Å². The molecule has 1 aromatic rings. The Hall–Kier alpha value is -2.09. The summed E-state index contributed by atoms with van der Waals surface area (Å²) in [6, 6.07) is 3.74. The van der Waals surface area contributed by atoms with E-state index in [0.717, 1.165) is 18.5 Å². The summed E-state index contributed by atoms with van der Waals surface area (Å²) in [5.41, 5.74) is 2.63. The van der Waals surface area contributed by atoms with Gasteiger partial charge in [0.25, 0.3) is 0 Å². The molecule has 1 aromatic heterocycles. The van der Waals surface area contributed by atoms with Gasteiger partial charge in [-0.2, -0.15) is 5.26 Å². The van der Waals surface area contributed by atoms with E-state index in [1.54, 1.807) is 13.0 Å². The normalized spacial score (nSPS) is 11.7. The van der Waals surface area contributed by atoms with Gasteiger partial charge in [-0.25, -0.2) is 0 Å². The first kappa shape index (κ1) is 15.0. The van der Waals surface area contributed by atoms with Gasteiger partial charge in [0.05, 0.1) is 23.4 Å². The van der Waals surface area contributed by atoms with Gasteiger partial charge in [0.2, 0.25) is 0 Å². The molecule has 19 heavy (non-hydrogen) atoms. The molecular weight excluding hydrogens is 242 g/mol. The van der Waals surface area contributed by atoms with Crippen molar-refractivity contribution in [3.05, 3.63) is 23.0 Å². The lowest BCUT2D eigenvalue weighted by Crippen LogP contribution is -2.23. The Kier molecular flexibility index (Phi) is 5.31. The summed E-state index contributed by atoms with van der Waals surface area (Å²) in [7, 11) is 0. The Morgan fingerprint density at radius 2 is 2.26 bits per heavy atom. The largest absolute Gasteiger partial charge is 0.481 e. The van der Waals surface area contributed by atoms with Crippen LogP contribution in [0.1, 0.15) is 43.1 Å². The molecule has 0 bridgehead atoms. The molecule has 0 aliphatic rings. The predicted octanol–water partition coefficient (Wildman–Crippen LogP) is 2.63. The van der Waals surface area contributed by atoms with Crippen molar-refractivity contribution in [3.63, 3.8) is 0 Å². The number of anilines is 1. The Balaban J connectivity index is 3.01. The lowest BCUT2D eigenvalue weighted by Gasteiger charge is -2.19. The van der Waals surface area contributed by atoms with Crippen LogP contribution >= 0.6 is 0 Å². The summed E-state index contributed by atoms with van der Waals surface area (Å²) in [5.74, 6) is -0.841. The van der Waals surface area contributed by atoms with Crippen LogP contribution in [-0.2, 0) is 4.79 Å². The third kappa shape index (κ3) is 4.25. The van der Waals surface area contributed by atoms with Crippen LogP contribution in [0.2, 0.25) is 0 Å². The molecule has 0 aromatic carbocycles. The van der Waals surface area contributed by atoms with Crippen LogP contribution in [-0.4, -0.2) is 22.1 Å². The monoisotopic (exact) mass is 261 g/mol. The number of aromatic nitrogens is 1. The molecular formula is C14H19N3O2. The van der Waals surface area contributed by atoms with Crippen molar-refractivity contribution in [2.75, 3.05) is 5.32 Å². The number of rotatable bonds is 6. The predicted molar refractivity (Wildman–Crippen MR) is 73.0 cm³/mol. The van der Waals surface area contributed by atoms with Crippen LogP contribution in [0, 0.1) is 25.2 Å². The molecule has 0 radical (unpaired) electrons. The van der Waals surface area contributed by atoms with Gasteiger partial charge in [0, 0.05) is 11.7 Å². The Labute approximate surface area is 113 Å². The zero-order chi connectivity index (χ0) is 14.4. The molecule has 0 aliphatic heterocycles. The Bertz CT molecular complexity index is 506. The van der Waals surface area contributed by atoms with Crippen molar-refractivity contribution in [3.8, 4) is 6.07 Å². The number of nitriles is 1. The standard InChI is InChI=1S/C14H19N3O2/c1-4-5-11(7-14(18)19)17-13-6-9(2)16-10(3)12(13)8-15/h6,11H,4-5,7H2,1-3H3,(H,16,17)(H,18,19). The Morgan fingerprint density at radius 3 is 2.79 bits per heavy atom. The molecule has 5 heteroatoms. The van der Waals surface area contributed by atoms with Crippen LogP contribution < -0.4 is 5.32 Å². The van der Waals surface area contributed by atoms with Crippen LogP contribution in [0.15, 0.2) is 6.07 Å². The average molecular weight is 261 g/mol. The molecule has 5 nitrogen and oxygen atoms in total. The molecule has 2 N–H and O–H groups in total. The number of hydrogen-bond acceptors (Lipinski definition) is 4. The van der Waals surface area contributed by atoms with E-state index in [2.05, 4.69) is 16.4 Å². The van der Waals surface area contributed by atoms with E-state index < -0.39 is 5.97 Å². The first-order valence-electron chi connectivity index (χ1n) is 6.34. The van der Waals surface area contributed by atoms with E-state index in [0.29, 0.717) is 16.9 Å². The van der Waals surface area contributed by atoms with Crippen molar-refractivity contribution < 1.29 is 9.90 Å². The number of hydrogen-bond donors (Lipinski definition) is 2. The maximum atomic E-state index is 10.8. The van der Waals surface area contributed by atoms with Crippen LogP contribution in [0.25, 0.3) is 0 Å². The number of aryl methyl sites for hydroxylation is 2. The summed E-state index contributed by atoms with van der Waals surface area (Å²) >= 11 is 0. The van der Waals surface area contributed by atoms with Gasteiger partial charge >= 0.3 is 5.97 Å². The van der Waals surface area contributed by atoms with Gasteiger partial charge in [-0.05, 0) is 26.3 Å². The quantitative estimate of drug-likeness (QED) is 0.822. The smallest absolute Gasteiger partial charge is 0.305 e. The van der Waals surface area contributed by atoms with Crippen molar-refractivity contribution >= 4 is 11.7 Å². The van der Waals surface area contributed by atoms with E-state index in [-0.39, 0.29) is 12.5 Å². The van der Waals surface area contributed by atoms with Gasteiger partial charge in [-0.3, -0.25) is 9.78 Å². The molecule has 0 aliphatic carbocycles. The second-order valence-electron chi connectivity index (χ2n) is 4.61. The number of aliphatic carboxylic acids is 1. The third-order valence-corrected chi connectivity index (χ3v) is 2.86. The van der Waals surface area contributed by atoms with Gasteiger partial charge in [-0.1, -0.05) is 13.3 Å². The minimum atomic E-state index is -0.841. The summed E-state index contributed by atoms with van der Waals surface area (Å²) in [5, 5.41) is 21.2. The second-order valence-corrected chi connectivity index (χ2v) is 4.61. The van der Waals surface area contributed by atoms with Crippen molar-refractivity contribution in [1.29, 1.82) is 5.26 Å². The number of carbonyl (C=O) groups is 1. The summed E-state index contributed by atoms with van der Waals surface area (Å²) < 4.78 is 0. The topological polar surface area (TPSA) is 86.0 Å². The molecule has 1 atom stereocenters. The van der Waals surface area contributed by atoms with E-state index >= 15 is 0 Å². The van der Waals surface area contributed by atoms with Crippen molar-refractivity contribution in [2.45, 2.75) is 46.1 Å². The summed E-state index contributed by atoms with van der Waals surface area (Å²) in [6.07, 6.45) is 1.67. The van der Waals surface area contributed by atoms with E-state index in [9.17, 15) is 4.79 Å². The zero-order valence-electron chi connectivity index (χ0n) is 11.5. The molecule has 1 unspecified atom stereocenters. The molecule has 1 rings (SSSR count). The van der Waals surface area contributed by atoms with Crippen LogP contribution in [0.4, 0.5) is 5.69 Å². The van der Waals surface area contributed by atoms with Crippen molar-refractivity contribution in [2.24, 2.45) is 0 Å². The number of pyridine rings is 1. The van der Waals surface area contributed by atoms with Gasteiger partial charge in [0.1, 0.15) is 6.07 Å². The second kappa shape index (κ2) is 6.74. The highest BCUT2D eigenvalue weighted by Gasteiger charge is 2.15. The lowest BCUT2D eigenvalue weighted by molar-refractivity contribution is -0.137. The van der Waals surface area contributed by atoms with Crippen molar-refractivity contribution in [1.82, 2.24) is 4.98 Å². The maximum absolute atomic E-state index is 10.8. The highest BCUT2D eigenvalue weighted by Crippen LogP contribution is 2.21. The average Bonchev–Trinajstić information content (AvgIpc) is 2.27. The first-order valence-corrected chi connectivity index (χ1v) is 6.34. The fourth-order valence-corrected chi connectivity index (χ4v) is 2.09. The molecule has 0 saturated heterocycles. The van der Waals surface area contributed by atoms with E-state index in [1.807, 2.05) is 13.8 Å². The molecule has 102 valence electrons. The number of nitrogens with one attached hydrogen (secondary N) is 1. The number of nitrogens with zero attached hydrogens (tertiary/aromatic N) is 2. The SMILES string of the molecule is CCCC(CC(=O)O)Nc1cc(C)nc(C)c1C#N. The minimum absolute atomic E-state index is 0.0408. The van der Waals surface area contributed by atoms with Gasteiger partial charge < -0.3 is 10.4 Å². The maximum Gasteiger partial charge on any atom is 0.305 e. The van der Waals surface area contributed by atoms with Gasteiger partial charge in [-0.15, -0.1) is 0 Å². The Morgan fingerprint density at radius 1 is 1.58 bits per heavy atom. The molecule has 0 saturated carbocycles. The fourth-order valence-electron chi connectivity index (χ4n) is 2.09. The van der Waals surface area contributed by atoms with Crippen LogP contribution in [0.5, 0.6) is 0 Å². The molecule has 1 heterocycles. The lowest BCUT2D eigenvalue weighted by atomic mass is 10.1. The fraction of sp³-hybridized carbons (Fsp3) is 0.500. The number of carboxylic acids is 1. The molecule has 0 fully saturated rings.